The lowest BCUT2D eigenvalue weighted by atomic mass is 10.5. The second-order valence-corrected chi connectivity index (χ2v) is 23.3. The summed E-state index contributed by atoms with van der Waals surface area (Å²) in [5, 5.41) is 0. The van der Waals surface area contributed by atoms with Crippen molar-refractivity contribution in [2.45, 2.75) is 65.3 Å². The van der Waals surface area contributed by atoms with Crippen molar-refractivity contribution >= 4 is 39.3 Å². The molecule has 0 unspecified atom stereocenters. The standard InChI is InChI=1S/C12H31O4PSi3/c1-18(2,3)14-12(13)10-11-17(15-19(4,5)6)16-20(7,8)9/h10-11H2,1-9H3. The van der Waals surface area contributed by atoms with Gasteiger partial charge in [-0.2, -0.15) is 0 Å². The van der Waals surface area contributed by atoms with E-state index in [9.17, 15) is 4.79 Å². The van der Waals surface area contributed by atoms with Crippen molar-refractivity contribution < 1.29 is 17.6 Å². The maximum Gasteiger partial charge on any atom is 0.292 e. The Hall–Kier alpha value is 0.471. The number of hydrogen-bond acceptors (Lipinski definition) is 4. The number of carbonyl (C=O) groups excluding carboxylic acids is 1. The van der Waals surface area contributed by atoms with E-state index in [1.807, 2.05) is 19.6 Å². The van der Waals surface area contributed by atoms with Crippen LogP contribution in [0.3, 0.4) is 0 Å². The van der Waals surface area contributed by atoms with Crippen LogP contribution in [-0.4, -0.2) is 37.1 Å². The quantitative estimate of drug-likeness (QED) is 0.465. The average Bonchev–Trinajstić information content (AvgIpc) is 2.06. The minimum atomic E-state index is -1.79. The minimum absolute atomic E-state index is 0.116. The van der Waals surface area contributed by atoms with Crippen molar-refractivity contribution in [1.29, 1.82) is 0 Å². The van der Waals surface area contributed by atoms with Crippen LogP contribution >= 0.6 is 8.38 Å². The second kappa shape index (κ2) is 7.65. The molecule has 0 bridgehead atoms. The second-order valence-electron chi connectivity index (χ2n) is 7.80. The summed E-state index contributed by atoms with van der Waals surface area (Å²) in [7, 11) is -6.08. The third-order valence-electron chi connectivity index (χ3n) is 1.67. The highest BCUT2D eigenvalue weighted by atomic mass is 31.2. The topological polar surface area (TPSA) is 44.8 Å². The minimum Gasteiger partial charge on any atom is -0.520 e. The van der Waals surface area contributed by atoms with Crippen LogP contribution in [0.2, 0.25) is 58.9 Å². The zero-order chi connectivity index (χ0) is 16.2. The molecule has 0 aromatic carbocycles. The Morgan fingerprint density at radius 1 is 0.800 bits per heavy atom. The van der Waals surface area contributed by atoms with Gasteiger partial charge >= 0.3 is 0 Å². The Morgan fingerprint density at radius 3 is 1.50 bits per heavy atom. The van der Waals surface area contributed by atoms with Gasteiger partial charge < -0.3 is 12.9 Å². The van der Waals surface area contributed by atoms with Gasteiger partial charge in [0, 0.05) is 6.16 Å². The Morgan fingerprint density at radius 2 is 1.20 bits per heavy atom. The van der Waals surface area contributed by atoms with Crippen LogP contribution in [-0.2, 0) is 17.6 Å². The van der Waals surface area contributed by atoms with Crippen molar-refractivity contribution in [3.05, 3.63) is 0 Å². The summed E-state index contributed by atoms with van der Waals surface area (Å²) in [5.74, 6) is -0.116. The molecule has 0 rings (SSSR count). The van der Waals surface area contributed by atoms with E-state index in [-0.39, 0.29) is 5.97 Å². The van der Waals surface area contributed by atoms with Gasteiger partial charge in [-0.15, -0.1) is 0 Å². The molecule has 0 aromatic heterocycles. The molecule has 0 spiro atoms. The first-order valence-electron chi connectivity index (χ1n) is 7.06. The molecule has 0 aliphatic carbocycles. The molecule has 0 fully saturated rings. The van der Waals surface area contributed by atoms with Crippen molar-refractivity contribution in [3.8, 4) is 0 Å². The Kier molecular flexibility index (Phi) is 7.83. The first kappa shape index (κ1) is 20.5. The van der Waals surface area contributed by atoms with Gasteiger partial charge in [0.1, 0.15) is 8.38 Å². The fourth-order valence-electron chi connectivity index (χ4n) is 1.30. The zero-order valence-corrected chi connectivity index (χ0v) is 18.4. The number of carbonyl (C=O) groups is 1. The molecule has 20 heavy (non-hydrogen) atoms. The van der Waals surface area contributed by atoms with Gasteiger partial charge in [-0.25, -0.2) is 0 Å². The van der Waals surface area contributed by atoms with Gasteiger partial charge in [0.05, 0.1) is 6.42 Å². The van der Waals surface area contributed by atoms with Gasteiger partial charge in [-0.1, -0.05) is 0 Å². The van der Waals surface area contributed by atoms with Crippen molar-refractivity contribution in [2.75, 3.05) is 6.16 Å². The highest BCUT2D eigenvalue weighted by Gasteiger charge is 2.29. The first-order chi connectivity index (χ1) is 8.68. The predicted molar refractivity (Wildman–Crippen MR) is 94.7 cm³/mol. The Bertz CT molecular complexity index is 302. The molecule has 0 N–H and O–H groups in total. The molecule has 0 aliphatic heterocycles. The van der Waals surface area contributed by atoms with Gasteiger partial charge in [-0.3, -0.25) is 4.79 Å². The van der Waals surface area contributed by atoms with Crippen LogP contribution in [0.25, 0.3) is 0 Å². The van der Waals surface area contributed by atoms with E-state index in [0.29, 0.717) is 12.6 Å². The van der Waals surface area contributed by atoms with Crippen LogP contribution in [0, 0.1) is 0 Å². The molecule has 8 heteroatoms. The van der Waals surface area contributed by atoms with E-state index < -0.39 is 33.3 Å². The lowest BCUT2D eigenvalue weighted by Gasteiger charge is -2.30. The van der Waals surface area contributed by atoms with Crippen molar-refractivity contribution in [3.63, 3.8) is 0 Å². The summed E-state index contributed by atoms with van der Waals surface area (Å²) < 4.78 is 17.7. The zero-order valence-electron chi connectivity index (χ0n) is 14.5. The molecule has 120 valence electrons. The molecule has 0 saturated carbocycles. The molecule has 0 atom stereocenters. The van der Waals surface area contributed by atoms with E-state index in [0.717, 1.165) is 0 Å². The molecular weight excluding hydrogens is 323 g/mol. The van der Waals surface area contributed by atoms with Crippen LogP contribution in [0.15, 0.2) is 0 Å². The summed E-state index contributed by atoms with van der Waals surface area (Å²) in [6, 6.07) is 0. The highest BCUT2D eigenvalue weighted by Crippen LogP contribution is 2.44. The largest absolute Gasteiger partial charge is 0.520 e. The SMILES string of the molecule is C[Si](C)(C)OC(=O)CCP(O[Si](C)(C)C)O[Si](C)(C)C. The van der Waals surface area contributed by atoms with Crippen molar-refractivity contribution in [1.82, 2.24) is 0 Å². The maximum absolute atomic E-state index is 11.8. The average molecular weight is 355 g/mol. The fraction of sp³-hybridized carbons (Fsp3) is 0.917. The molecular formula is C12H31O4PSi3. The van der Waals surface area contributed by atoms with E-state index >= 15 is 0 Å². The molecule has 0 saturated heterocycles. The van der Waals surface area contributed by atoms with E-state index in [1.54, 1.807) is 0 Å². The molecule has 0 heterocycles. The number of hydrogen-bond donors (Lipinski definition) is 0. The third-order valence-corrected chi connectivity index (χ3v) is 9.11. The van der Waals surface area contributed by atoms with Crippen LogP contribution < -0.4 is 0 Å². The van der Waals surface area contributed by atoms with E-state index in [4.69, 9.17) is 12.9 Å². The smallest absolute Gasteiger partial charge is 0.292 e. The van der Waals surface area contributed by atoms with Gasteiger partial charge in [0.15, 0.2) is 16.6 Å². The summed E-state index contributed by atoms with van der Waals surface area (Å²) in [6.45, 7) is 19.0. The third kappa shape index (κ3) is 13.5. The maximum atomic E-state index is 11.8. The lowest BCUT2D eigenvalue weighted by Crippen LogP contribution is -2.31. The predicted octanol–water partition coefficient (Wildman–Crippen LogP) is 4.77. The molecule has 4 nitrogen and oxygen atoms in total. The fourth-order valence-corrected chi connectivity index (χ4v) is 8.55. The van der Waals surface area contributed by atoms with Crippen LogP contribution in [0.1, 0.15) is 6.42 Å². The normalized spacial score (nSPS) is 13.7. The van der Waals surface area contributed by atoms with E-state index in [1.165, 1.54) is 0 Å². The first-order valence-corrected chi connectivity index (χ1v) is 18.6. The van der Waals surface area contributed by atoms with Crippen LogP contribution in [0.4, 0.5) is 0 Å². The monoisotopic (exact) mass is 354 g/mol. The Labute approximate surface area is 128 Å². The Balaban J connectivity index is 4.47. The molecule has 0 amide bonds. The van der Waals surface area contributed by atoms with Gasteiger partial charge in [0.25, 0.3) is 5.97 Å². The van der Waals surface area contributed by atoms with E-state index in [2.05, 4.69) is 39.3 Å². The molecule has 0 aromatic rings. The summed E-state index contributed by atoms with van der Waals surface area (Å²) in [4.78, 5) is 11.8. The molecule has 0 aliphatic rings. The summed E-state index contributed by atoms with van der Waals surface area (Å²) in [6.07, 6.45) is 1.04. The van der Waals surface area contributed by atoms with Crippen LogP contribution in [0.5, 0.6) is 0 Å². The summed E-state index contributed by atoms with van der Waals surface area (Å²) >= 11 is 0. The number of rotatable bonds is 8. The summed E-state index contributed by atoms with van der Waals surface area (Å²) in [5.41, 5.74) is 0. The molecule has 0 radical (unpaired) electrons. The highest BCUT2D eigenvalue weighted by molar-refractivity contribution is 7.50. The van der Waals surface area contributed by atoms with Gasteiger partial charge in [-0.05, 0) is 58.9 Å². The van der Waals surface area contributed by atoms with Gasteiger partial charge in [0.2, 0.25) is 8.32 Å². The lowest BCUT2D eigenvalue weighted by molar-refractivity contribution is -0.134. The van der Waals surface area contributed by atoms with Crippen molar-refractivity contribution in [2.24, 2.45) is 0 Å².